The van der Waals surface area contributed by atoms with Gasteiger partial charge in [0.05, 0.1) is 6.07 Å². The van der Waals surface area contributed by atoms with Crippen molar-refractivity contribution in [3.63, 3.8) is 0 Å². The first-order valence-electron chi connectivity index (χ1n) is 3.12. The van der Waals surface area contributed by atoms with Crippen LogP contribution in [0.4, 0.5) is 0 Å². The Morgan fingerprint density at radius 1 is 1.50 bits per heavy atom. The van der Waals surface area contributed by atoms with Crippen molar-refractivity contribution in [3.05, 3.63) is 0 Å². The van der Waals surface area contributed by atoms with Crippen LogP contribution in [0.2, 0.25) is 0 Å². The van der Waals surface area contributed by atoms with Crippen molar-refractivity contribution >= 4 is 0 Å². The highest BCUT2D eigenvalue weighted by atomic mass is 14.3. The van der Waals surface area contributed by atoms with Gasteiger partial charge in [0.2, 0.25) is 0 Å². The summed E-state index contributed by atoms with van der Waals surface area (Å²) >= 11 is 0. The molecule has 0 saturated carbocycles. The van der Waals surface area contributed by atoms with Gasteiger partial charge in [-0.1, -0.05) is 20.3 Å². The summed E-state index contributed by atoms with van der Waals surface area (Å²) in [6.45, 7) is 6.18. The van der Waals surface area contributed by atoms with E-state index in [4.69, 9.17) is 5.26 Å². The van der Waals surface area contributed by atoms with Crippen LogP contribution in [-0.4, -0.2) is 0 Å². The fourth-order valence-corrected chi connectivity index (χ4v) is 0.481. The predicted molar refractivity (Wildman–Crippen MR) is 34.2 cm³/mol. The van der Waals surface area contributed by atoms with E-state index < -0.39 is 0 Å². The second kappa shape index (κ2) is 3.49. The molecular formula is C7H13N. The van der Waals surface area contributed by atoms with Crippen LogP contribution in [0.5, 0.6) is 0 Å². The maximum absolute atomic E-state index is 8.39. The van der Waals surface area contributed by atoms with E-state index in [0.29, 0.717) is 5.92 Å². The third kappa shape index (κ3) is 1.97. The van der Waals surface area contributed by atoms with Gasteiger partial charge in [-0.3, -0.25) is 0 Å². The third-order valence-corrected chi connectivity index (χ3v) is 1.70. The number of hydrogen-bond acceptors (Lipinski definition) is 1. The average Bonchev–Trinajstić information content (AvgIpc) is 1.84. The zero-order valence-corrected chi connectivity index (χ0v) is 5.81. The van der Waals surface area contributed by atoms with Crippen molar-refractivity contribution in [2.75, 3.05) is 0 Å². The summed E-state index contributed by atoms with van der Waals surface area (Å²) in [5.41, 5.74) is 0. The molecule has 2 atom stereocenters. The van der Waals surface area contributed by atoms with Crippen LogP contribution < -0.4 is 0 Å². The van der Waals surface area contributed by atoms with Crippen LogP contribution >= 0.6 is 0 Å². The van der Waals surface area contributed by atoms with Crippen LogP contribution in [0.3, 0.4) is 0 Å². The Hall–Kier alpha value is -0.510. The average molecular weight is 111 g/mol. The van der Waals surface area contributed by atoms with Crippen molar-refractivity contribution in [3.8, 4) is 6.07 Å². The zero-order chi connectivity index (χ0) is 6.57. The molecule has 0 spiro atoms. The fraction of sp³-hybridized carbons (Fsp3) is 0.857. The standard InChI is InChI=1S/C7H13N/c1-4-6(2)7(3)5-8/h6-7H,4H2,1-3H3/t6-,7?/m0/s1. The lowest BCUT2D eigenvalue weighted by Gasteiger charge is -2.07. The SMILES string of the molecule is CC[C@H](C)C(C)C#N. The summed E-state index contributed by atoms with van der Waals surface area (Å²) < 4.78 is 0. The van der Waals surface area contributed by atoms with Crippen molar-refractivity contribution in [2.24, 2.45) is 11.8 Å². The normalized spacial score (nSPS) is 16.8. The first-order valence-corrected chi connectivity index (χ1v) is 3.12. The van der Waals surface area contributed by atoms with Crippen molar-refractivity contribution in [2.45, 2.75) is 27.2 Å². The molecule has 0 aromatic rings. The minimum atomic E-state index is 0.222. The van der Waals surface area contributed by atoms with Crippen LogP contribution in [-0.2, 0) is 0 Å². The van der Waals surface area contributed by atoms with E-state index in [-0.39, 0.29) is 5.92 Å². The third-order valence-electron chi connectivity index (χ3n) is 1.70. The molecule has 0 aromatic carbocycles. The molecule has 0 bridgehead atoms. The summed E-state index contributed by atoms with van der Waals surface area (Å²) in [7, 11) is 0. The molecule has 8 heavy (non-hydrogen) atoms. The molecule has 0 radical (unpaired) electrons. The van der Waals surface area contributed by atoms with Crippen molar-refractivity contribution in [1.29, 1.82) is 5.26 Å². The Labute approximate surface area is 51.3 Å². The van der Waals surface area contributed by atoms with Gasteiger partial charge in [0.25, 0.3) is 0 Å². The molecule has 0 saturated heterocycles. The van der Waals surface area contributed by atoms with Crippen LogP contribution in [0.15, 0.2) is 0 Å². The Balaban J connectivity index is 3.49. The molecule has 1 nitrogen and oxygen atoms in total. The van der Waals surface area contributed by atoms with Crippen LogP contribution in [0.25, 0.3) is 0 Å². The molecule has 0 aliphatic heterocycles. The Kier molecular flexibility index (Phi) is 3.26. The fourth-order valence-electron chi connectivity index (χ4n) is 0.481. The first kappa shape index (κ1) is 7.49. The Bertz CT molecular complexity index is 91.1. The molecule has 0 amide bonds. The summed E-state index contributed by atoms with van der Waals surface area (Å²) in [4.78, 5) is 0. The minimum absolute atomic E-state index is 0.222. The number of rotatable bonds is 2. The molecule has 1 unspecified atom stereocenters. The van der Waals surface area contributed by atoms with Gasteiger partial charge < -0.3 is 0 Å². The largest absolute Gasteiger partial charge is 0.198 e. The van der Waals surface area contributed by atoms with Crippen LogP contribution in [0, 0.1) is 23.2 Å². The lowest BCUT2D eigenvalue weighted by Crippen LogP contribution is -2.02. The summed E-state index contributed by atoms with van der Waals surface area (Å²) in [6, 6.07) is 2.22. The van der Waals surface area contributed by atoms with Gasteiger partial charge in [0.15, 0.2) is 0 Å². The molecule has 1 heteroatoms. The molecule has 0 aromatic heterocycles. The molecule has 0 N–H and O–H groups in total. The van der Waals surface area contributed by atoms with Gasteiger partial charge in [-0.15, -0.1) is 0 Å². The van der Waals surface area contributed by atoms with Gasteiger partial charge in [-0.05, 0) is 12.8 Å². The van der Waals surface area contributed by atoms with Gasteiger partial charge in [0, 0.05) is 5.92 Å². The predicted octanol–water partition coefficient (Wildman–Crippen LogP) is 2.19. The maximum atomic E-state index is 8.39. The molecule has 46 valence electrons. The maximum Gasteiger partial charge on any atom is 0.0655 e. The second-order valence-corrected chi connectivity index (χ2v) is 2.30. The number of nitriles is 1. The minimum Gasteiger partial charge on any atom is -0.198 e. The molecule has 0 fully saturated rings. The van der Waals surface area contributed by atoms with E-state index in [1.807, 2.05) is 6.92 Å². The highest BCUT2D eigenvalue weighted by Gasteiger charge is 2.06. The van der Waals surface area contributed by atoms with E-state index >= 15 is 0 Å². The molecule has 0 rings (SSSR count). The topological polar surface area (TPSA) is 23.8 Å². The number of nitrogens with zero attached hydrogens (tertiary/aromatic N) is 1. The number of hydrogen-bond donors (Lipinski definition) is 0. The van der Waals surface area contributed by atoms with E-state index in [2.05, 4.69) is 19.9 Å². The lowest BCUT2D eigenvalue weighted by atomic mass is 9.95. The molecule has 0 aliphatic carbocycles. The van der Waals surface area contributed by atoms with E-state index in [0.717, 1.165) is 6.42 Å². The Morgan fingerprint density at radius 3 is 2.12 bits per heavy atom. The Morgan fingerprint density at radius 2 is 2.00 bits per heavy atom. The summed E-state index contributed by atoms with van der Waals surface area (Å²) in [5.74, 6) is 0.778. The van der Waals surface area contributed by atoms with Crippen molar-refractivity contribution in [1.82, 2.24) is 0 Å². The highest BCUT2D eigenvalue weighted by molar-refractivity contribution is 4.81. The second-order valence-electron chi connectivity index (χ2n) is 2.30. The monoisotopic (exact) mass is 111 g/mol. The molecule has 0 heterocycles. The molecular weight excluding hydrogens is 98.1 g/mol. The van der Waals surface area contributed by atoms with E-state index in [1.165, 1.54) is 0 Å². The quantitative estimate of drug-likeness (QED) is 0.536. The molecule has 0 aliphatic rings. The summed E-state index contributed by atoms with van der Waals surface area (Å²) in [5, 5.41) is 8.39. The van der Waals surface area contributed by atoms with Gasteiger partial charge in [-0.2, -0.15) is 5.26 Å². The summed E-state index contributed by atoms with van der Waals surface area (Å²) in [6.07, 6.45) is 1.11. The smallest absolute Gasteiger partial charge is 0.0655 e. The van der Waals surface area contributed by atoms with Crippen molar-refractivity contribution < 1.29 is 0 Å². The van der Waals surface area contributed by atoms with Crippen LogP contribution in [0.1, 0.15) is 27.2 Å². The lowest BCUT2D eigenvalue weighted by molar-refractivity contribution is 0.455. The van der Waals surface area contributed by atoms with Gasteiger partial charge in [-0.25, -0.2) is 0 Å². The van der Waals surface area contributed by atoms with Gasteiger partial charge in [0.1, 0.15) is 0 Å². The van der Waals surface area contributed by atoms with E-state index in [9.17, 15) is 0 Å². The zero-order valence-electron chi connectivity index (χ0n) is 5.81. The van der Waals surface area contributed by atoms with E-state index in [1.54, 1.807) is 0 Å². The highest BCUT2D eigenvalue weighted by Crippen LogP contribution is 2.11. The first-order chi connectivity index (χ1) is 3.72. The van der Waals surface area contributed by atoms with Gasteiger partial charge >= 0.3 is 0 Å².